The van der Waals surface area contributed by atoms with Gasteiger partial charge in [-0.15, -0.1) is 10.2 Å². The van der Waals surface area contributed by atoms with Crippen LogP contribution in [-0.4, -0.2) is 47.4 Å². The highest BCUT2D eigenvalue weighted by atomic mass is 19.1. The Labute approximate surface area is 139 Å². The summed E-state index contributed by atoms with van der Waals surface area (Å²) >= 11 is 0. The summed E-state index contributed by atoms with van der Waals surface area (Å²) in [6.45, 7) is 1.29. The number of halogens is 1. The second-order valence-electron chi connectivity index (χ2n) is 5.71. The number of ether oxygens (including phenoxy) is 1. The number of nitrogens with one attached hydrogen (secondary N) is 1. The predicted octanol–water partition coefficient (Wildman–Crippen LogP) is 2.93. The van der Waals surface area contributed by atoms with E-state index in [9.17, 15) is 9.18 Å². The molecule has 1 saturated heterocycles. The molecule has 1 aliphatic rings. The lowest BCUT2D eigenvalue weighted by atomic mass is 10.1. The lowest BCUT2D eigenvalue weighted by molar-refractivity contribution is 0.113. The maximum Gasteiger partial charge on any atom is 0.409 e. The van der Waals surface area contributed by atoms with Crippen LogP contribution in [0.1, 0.15) is 12.8 Å². The van der Waals surface area contributed by atoms with E-state index in [2.05, 4.69) is 15.5 Å². The normalized spacial score (nSPS) is 17.4. The van der Waals surface area contributed by atoms with E-state index < -0.39 is 0 Å². The van der Waals surface area contributed by atoms with Crippen LogP contribution in [0.15, 0.2) is 36.4 Å². The zero-order valence-corrected chi connectivity index (χ0v) is 13.4. The van der Waals surface area contributed by atoms with E-state index in [1.54, 1.807) is 17.0 Å². The van der Waals surface area contributed by atoms with Gasteiger partial charge in [0.15, 0.2) is 0 Å². The topological polar surface area (TPSA) is 67.3 Å². The largest absolute Gasteiger partial charge is 0.453 e. The first kappa shape index (κ1) is 16.2. The van der Waals surface area contributed by atoms with Crippen molar-refractivity contribution < 1.29 is 13.9 Å². The number of hydrogen-bond donors (Lipinski definition) is 1. The Morgan fingerprint density at radius 1 is 1.25 bits per heavy atom. The van der Waals surface area contributed by atoms with Crippen molar-refractivity contribution in [3.05, 3.63) is 42.2 Å². The van der Waals surface area contributed by atoms with E-state index in [0.717, 1.165) is 18.4 Å². The van der Waals surface area contributed by atoms with E-state index in [1.165, 1.54) is 19.2 Å². The van der Waals surface area contributed by atoms with Crippen LogP contribution in [0.5, 0.6) is 0 Å². The maximum atomic E-state index is 13.0. The molecule has 1 atom stereocenters. The molecule has 2 heterocycles. The molecule has 1 aromatic carbocycles. The number of likely N-dealkylation sites (tertiary alicyclic amines) is 1. The molecule has 7 heteroatoms. The van der Waals surface area contributed by atoms with Crippen LogP contribution in [-0.2, 0) is 4.74 Å². The first-order valence-corrected chi connectivity index (χ1v) is 7.85. The summed E-state index contributed by atoms with van der Waals surface area (Å²) in [5.74, 6) is 0.370. The smallest absolute Gasteiger partial charge is 0.409 e. The second kappa shape index (κ2) is 7.25. The highest BCUT2D eigenvalue weighted by molar-refractivity contribution is 5.67. The number of rotatable bonds is 3. The highest BCUT2D eigenvalue weighted by Gasteiger charge is 2.24. The Morgan fingerprint density at radius 2 is 2.04 bits per heavy atom. The van der Waals surface area contributed by atoms with Crippen molar-refractivity contribution in [2.75, 3.05) is 25.5 Å². The summed E-state index contributed by atoms with van der Waals surface area (Å²) in [7, 11) is 1.39. The number of benzene rings is 1. The van der Waals surface area contributed by atoms with E-state index in [-0.39, 0.29) is 18.0 Å². The van der Waals surface area contributed by atoms with E-state index >= 15 is 0 Å². The van der Waals surface area contributed by atoms with Crippen LogP contribution in [0.2, 0.25) is 0 Å². The van der Waals surface area contributed by atoms with Gasteiger partial charge in [0.25, 0.3) is 0 Å². The molecule has 3 rings (SSSR count). The molecule has 24 heavy (non-hydrogen) atoms. The average molecular weight is 330 g/mol. The van der Waals surface area contributed by atoms with Gasteiger partial charge in [0, 0.05) is 24.7 Å². The van der Waals surface area contributed by atoms with Crippen molar-refractivity contribution in [3.63, 3.8) is 0 Å². The molecule has 1 aromatic heterocycles. The van der Waals surface area contributed by atoms with Gasteiger partial charge in [-0.05, 0) is 49.2 Å². The Morgan fingerprint density at radius 3 is 2.71 bits per heavy atom. The van der Waals surface area contributed by atoms with Crippen LogP contribution in [0.4, 0.5) is 15.0 Å². The minimum atomic E-state index is -0.306. The minimum Gasteiger partial charge on any atom is -0.453 e. The van der Waals surface area contributed by atoms with E-state index in [1.807, 2.05) is 12.1 Å². The Bertz CT molecular complexity index is 691. The molecule has 2 aromatic rings. The lowest BCUT2D eigenvalue weighted by Crippen LogP contribution is -2.45. The second-order valence-corrected chi connectivity index (χ2v) is 5.71. The molecule has 1 N–H and O–H groups in total. The number of methoxy groups -OCH3 is 1. The van der Waals surface area contributed by atoms with Crippen molar-refractivity contribution in [3.8, 4) is 11.3 Å². The summed E-state index contributed by atoms with van der Waals surface area (Å²) in [6.07, 6.45) is 1.56. The average Bonchev–Trinajstić information content (AvgIpc) is 2.63. The first-order valence-electron chi connectivity index (χ1n) is 7.85. The lowest BCUT2D eigenvalue weighted by Gasteiger charge is -2.32. The van der Waals surface area contributed by atoms with Gasteiger partial charge in [0.05, 0.1) is 12.8 Å². The van der Waals surface area contributed by atoms with Crippen LogP contribution < -0.4 is 5.32 Å². The maximum absolute atomic E-state index is 13.0. The third-order valence-corrected chi connectivity index (χ3v) is 4.01. The Kier molecular flexibility index (Phi) is 4.88. The molecule has 0 bridgehead atoms. The van der Waals surface area contributed by atoms with Gasteiger partial charge in [-0.2, -0.15) is 0 Å². The molecule has 1 aliphatic heterocycles. The van der Waals surface area contributed by atoms with Crippen molar-refractivity contribution in [1.29, 1.82) is 0 Å². The summed E-state index contributed by atoms with van der Waals surface area (Å²) in [6, 6.07) is 9.92. The number of anilines is 1. The molecule has 126 valence electrons. The monoisotopic (exact) mass is 330 g/mol. The zero-order valence-electron chi connectivity index (χ0n) is 13.4. The molecule has 0 spiro atoms. The van der Waals surface area contributed by atoms with Gasteiger partial charge in [-0.25, -0.2) is 9.18 Å². The van der Waals surface area contributed by atoms with E-state index in [4.69, 9.17) is 4.74 Å². The molecular weight excluding hydrogens is 311 g/mol. The van der Waals surface area contributed by atoms with Crippen molar-refractivity contribution >= 4 is 11.9 Å². The predicted molar refractivity (Wildman–Crippen MR) is 88.0 cm³/mol. The molecule has 1 unspecified atom stereocenters. The number of carbonyl (C=O) groups excluding carboxylic acids is 1. The van der Waals surface area contributed by atoms with Crippen LogP contribution in [0, 0.1) is 5.82 Å². The van der Waals surface area contributed by atoms with Crippen LogP contribution >= 0.6 is 0 Å². The van der Waals surface area contributed by atoms with Gasteiger partial charge < -0.3 is 15.0 Å². The van der Waals surface area contributed by atoms with E-state index in [0.29, 0.717) is 24.6 Å². The van der Waals surface area contributed by atoms with Crippen LogP contribution in [0.25, 0.3) is 11.3 Å². The van der Waals surface area contributed by atoms with Gasteiger partial charge in [0.2, 0.25) is 0 Å². The fourth-order valence-corrected chi connectivity index (χ4v) is 2.78. The number of nitrogens with zero attached hydrogens (tertiary/aromatic N) is 3. The van der Waals surface area contributed by atoms with Crippen LogP contribution in [0.3, 0.4) is 0 Å². The molecule has 6 nitrogen and oxygen atoms in total. The van der Waals surface area contributed by atoms with Gasteiger partial charge in [0.1, 0.15) is 11.6 Å². The van der Waals surface area contributed by atoms with Crippen molar-refractivity contribution in [2.45, 2.75) is 18.9 Å². The van der Waals surface area contributed by atoms with Gasteiger partial charge in [-0.1, -0.05) is 0 Å². The summed E-state index contributed by atoms with van der Waals surface area (Å²) < 4.78 is 17.7. The fourth-order valence-electron chi connectivity index (χ4n) is 2.78. The summed E-state index contributed by atoms with van der Waals surface area (Å²) in [4.78, 5) is 13.3. The van der Waals surface area contributed by atoms with Gasteiger partial charge >= 0.3 is 6.09 Å². The standard InChI is InChI=1S/C17H19FN4O2/c1-24-17(23)22-10-2-3-14(11-22)19-16-9-8-15(20-21-16)12-4-6-13(18)7-5-12/h4-9,14H,2-3,10-11H2,1H3,(H,19,21). The van der Waals surface area contributed by atoms with Crippen molar-refractivity contribution in [2.24, 2.45) is 0 Å². The number of piperidine rings is 1. The number of amides is 1. The molecule has 0 radical (unpaired) electrons. The van der Waals surface area contributed by atoms with Gasteiger partial charge in [-0.3, -0.25) is 0 Å². The molecular formula is C17H19FN4O2. The van der Waals surface area contributed by atoms with Crippen molar-refractivity contribution in [1.82, 2.24) is 15.1 Å². The third kappa shape index (κ3) is 3.79. The summed E-state index contributed by atoms with van der Waals surface area (Å²) in [5.41, 5.74) is 1.49. The Balaban J connectivity index is 1.63. The number of aromatic nitrogens is 2. The molecule has 1 amide bonds. The SMILES string of the molecule is COC(=O)N1CCCC(Nc2ccc(-c3ccc(F)cc3)nn2)C1. The quantitative estimate of drug-likeness (QED) is 0.937. The third-order valence-electron chi connectivity index (χ3n) is 4.01. The first-order chi connectivity index (χ1) is 11.7. The zero-order chi connectivity index (χ0) is 16.9. The molecule has 0 saturated carbocycles. The number of hydrogen-bond acceptors (Lipinski definition) is 5. The fraction of sp³-hybridized carbons (Fsp3) is 0.353. The highest BCUT2D eigenvalue weighted by Crippen LogP contribution is 2.19. The molecule has 1 fully saturated rings. The number of carbonyl (C=O) groups is 1. The molecule has 0 aliphatic carbocycles. The Hall–Kier alpha value is -2.70. The minimum absolute atomic E-state index is 0.115. The summed E-state index contributed by atoms with van der Waals surface area (Å²) in [5, 5.41) is 11.6.